The van der Waals surface area contributed by atoms with Crippen molar-refractivity contribution < 1.29 is 17.6 Å². The molecule has 0 aliphatic heterocycles. The van der Waals surface area contributed by atoms with Crippen LogP contribution in [-0.4, -0.2) is 0 Å². The molecule has 2 rings (SSSR count). The van der Waals surface area contributed by atoms with Gasteiger partial charge in [0, 0.05) is 5.56 Å². The van der Waals surface area contributed by atoms with Crippen LogP contribution in [0.3, 0.4) is 0 Å². The molecule has 1 unspecified atom stereocenters. The van der Waals surface area contributed by atoms with Crippen LogP contribution in [0.2, 0.25) is 0 Å². The van der Waals surface area contributed by atoms with Crippen molar-refractivity contribution in [3.63, 3.8) is 0 Å². The van der Waals surface area contributed by atoms with Crippen LogP contribution in [-0.2, 0) is 12.6 Å². The van der Waals surface area contributed by atoms with Gasteiger partial charge in [0.2, 0.25) is 0 Å². The number of hydrogen-bond donors (Lipinski definition) is 0. The van der Waals surface area contributed by atoms with Crippen LogP contribution >= 0.6 is 11.6 Å². The van der Waals surface area contributed by atoms with Gasteiger partial charge in [-0.25, -0.2) is 4.39 Å². The van der Waals surface area contributed by atoms with E-state index in [4.69, 9.17) is 11.6 Å². The van der Waals surface area contributed by atoms with Gasteiger partial charge in [-0.3, -0.25) is 0 Å². The fraction of sp³-hybridized carbons (Fsp3) is 0.200. The molecule has 0 heterocycles. The first-order valence-electron chi connectivity index (χ1n) is 5.92. The molecule has 0 aliphatic carbocycles. The van der Waals surface area contributed by atoms with E-state index >= 15 is 0 Å². The summed E-state index contributed by atoms with van der Waals surface area (Å²) in [7, 11) is 0. The molecule has 2 aromatic rings. The summed E-state index contributed by atoms with van der Waals surface area (Å²) < 4.78 is 51.5. The van der Waals surface area contributed by atoms with Gasteiger partial charge in [-0.2, -0.15) is 13.2 Å². The molecule has 106 valence electrons. The number of alkyl halides is 4. The second-order valence-electron chi connectivity index (χ2n) is 4.39. The monoisotopic (exact) mass is 302 g/mol. The Bertz CT molecular complexity index is 578. The van der Waals surface area contributed by atoms with Gasteiger partial charge >= 0.3 is 6.18 Å². The molecule has 0 fully saturated rings. The summed E-state index contributed by atoms with van der Waals surface area (Å²) in [6.07, 6.45) is -4.24. The van der Waals surface area contributed by atoms with Crippen LogP contribution in [0.15, 0.2) is 48.5 Å². The van der Waals surface area contributed by atoms with Crippen LogP contribution in [0.1, 0.15) is 22.1 Å². The van der Waals surface area contributed by atoms with Gasteiger partial charge in [-0.1, -0.05) is 30.3 Å². The standard InChI is InChI=1S/C15H11ClF4/c16-13(8-10-4-2-1-3-5-10)12-9-11(15(18,19)20)6-7-14(12)17/h1-7,9,13H,8H2. The van der Waals surface area contributed by atoms with Gasteiger partial charge in [0.1, 0.15) is 5.82 Å². The number of benzene rings is 2. The van der Waals surface area contributed by atoms with Gasteiger partial charge in [-0.15, -0.1) is 11.6 Å². The van der Waals surface area contributed by atoms with Crippen LogP contribution in [0.5, 0.6) is 0 Å². The highest BCUT2D eigenvalue weighted by atomic mass is 35.5. The fourth-order valence-corrected chi connectivity index (χ4v) is 2.24. The van der Waals surface area contributed by atoms with Crippen molar-refractivity contribution in [1.82, 2.24) is 0 Å². The first-order valence-corrected chi connectivity index (χ1v) is 6.36. The molecule has 0 aliphatic rings. The lowest BCUT2D eigenvalue weighted by Gasteiger charge is -2.14. The van der Waals surface area contributed by atoms with Crippen molar-refractivity contribution in [2.75, 3.05) is 0 Å². The molecular weight excluding hydrogens is 292 g/mol. The third kappa shape index (κ3) is 3.51. The summed E-state index contributed by atoms with van der Waals surface area (Å²) in [5.41, 5.74) is -0.192. The highest BCUT2D eigenvalue weighted by Gasteiger charge is 2.31. The van der Waals surface area contributed by atoms with E-state index in [0.29, 0.717) is 6.07 Å². The zero-order valence-corrected chi connectivity index (χ0v) is 11.0. The maximum Gasteiger partial charge on any atom is 0.416 e. The molecule has 0 radical (unpaired) electrons. The normalized spacial score (nSPS) is 13.2. The molecule has 0 N–H and O–H groups in total. The SMILES string of the molecule is Fc1ccc(C(F)(F)F)cc1C(Cl)Cc1ccccc1. The summed E-state index contributed by atoms with van der Waals surface area (Å²) in [5.74, 6) is -0.728. The molecule has 0 amide bonds. The number of halogens is 5. The maximum atomic E-state index is 13.7. The molecule has 0 nitrogen and oxygen atoms in total. The average molecular weight is 303 g/mol. The molecule has 0 bridgehead atoms. The average Bonchev–Trinajstić information content (AvgIpc) is 2.39. The Labute approximate surface area is 119 Å². The summed E-state index contributed by atoms with van der Waals surface area (Å²) in [6, 6.07) is 11.3. The minimum Gasteiger partial charge on any atom is -0.207 e. The van der Waals surface area contributed by atoms with E-state index in [1.807, 2.05) is 6.07 Å². The number of hydrogen-bond acceptors (Lipinski definition) is 0. The van der Waals surface area contributed by atoms with Crippen molar-refractivity contribution >= 4 is 11.6 Å². The third-order valence-electron chi connectivity index (χ3n) is 2.92. The Morgan fingerprint density at radius 2 is 1.65 bits per heavy atom. The Kier molecular flexibility index (Phi) is 4.33. The second-order valence-corrected chi connectivity index (χ2v) is 4.92. The topological polar surface area (TPSA) is 0 Å². The minimum atomic E-state index is -4.51. The quantitative estimate of drug-likeness (QED) is 0.528. The smallest absolute Gasteiger partial charge is 0.207 e. The van der Waals surface area contributed by atoms with E-state index in [-0.39, 0.29) is 12.0 Å². The van der Waals surface area contributed by atoms with Crippen LogP contribution in [0, 0.1) is 5.82 Å². The molecule has 20 heavy (non-hydrogen) atoms. The van der Waals surface area contributed by atoms with E-state index in [2.05, 4.69) is 0 Å². The highest BCUT2D eigenvalue weighted by Crippen LogP contribution is 2.34. The molecule has 0 saturated carbocycles. The summed E-state index contributed by atoms with van der Waals surface area (Å²) in [5, 5.41) is -0.848. The van der Waals surface area contributed by atoms with Crippen molar-refractivity contribution in [2.45, 2.75) is 18.0 Å². The van der Waals surface area contributed by atoms with Gasteiger partial charge in [-0.05, 0) is 30.2 Å². The lowest BCUT2D eigenvalue weighted by Crippen LogP contribution is -2.08. The van der Waals surface area contributed by atoms with Gasteiger partial charge in [0.25, 0.3) is 0 Å². The summed E-state index contributed by atoms with van der Waals surface area (Å²) >= 11 is 6.06. The van der Waals surface area contributed by atoms with E-state index in [1.54, 1.807) is 24.3 Å². The van der Waals surface area contributed by atoms with Gasteiger partial charge in [0.15, 0.2) is 0 Å². The van der Waals surface area contributed by atoms with Crippen molar-refractivity contribution in [1.29, 1.82) is 0 Å². The molecule has 5 heteroatoms. The largest absolute Gasteiger partial charge is 0.416 e. The zero-order chi connectivity index (χ0) is 14.8. The Hall–Kier alpha value is -1.55. The Morgan fingerprint density at radius 3 is 2.25 bits per heavy atom. The van der Waals surface area contributed by atoms with E-state index in [9.17, 15) is 17.6 Å². The Morgan fingerprint density at radius 1 is 1.00 bits per heavy atom. The maximum absolute atomic E-state index is 13.7. The summed E-state index contributed by atoms with van der Waals surface area (Å²) in [6.45, 7) is 0. The van der Waals surface area contributed by atoms with E-state index < -0.39 is 22.9 Å². The van der Waals surface area contributed by atoms with Crippen molar-refractivity contribution in [2.24, 2.45) is 0 Å². The van der Waals surface area contributed by atoms with Crippen LogP contribution in [0.25, 0.3) is 0 Å². The molecule has 2 aromatic carbocycles. The lowest BCUT2D eigenvalue weighted by molar-refractivity contribution is -0.137. The number of rotatable bonds is 3. The fourth-order valence-electron chi connectivity index (χ4n) is 1.89. The van der Waals surface area contributed by atoms with E-state index in [0.717, 1.165) is 17.7 Å². The van der Waals surface area contributed by atoms with Crippen molar-refractivity contribution in [3.8, 4) is 0 Å². The van der Waals surface area contributed by atoms with Gasteiger partial charge in [0.05, 0.1) is 10.9 Å². The third-order valence-corrected chi connectivity index (χ3v) is 3.31. The first-order chi connectivity index (χ1) is 9.38. The summed E-state index contributed by atoms with van der Waals surface area (Å²) in [4.78, 5) is 0. The van der Waals surface area contributed by atoms with Gasteiger partial charge < -0.3 is 0 Å². The van der Waals surface area contributed by atoms with Crippen LogP contribution in [0.4, 0.5) is 17.6 Å². The first kappa shape index (κ1) is 14.9. The molecule has 1 atom stereocenters. The molecule has 0 spiro atoms. The second kappa shape index (κ2) is 5.83. The minimum absolute atomic E-state index is 0.134. The highest BCUT2D eigenvalue weighted by molar-refractivity contribution is 6.21. The zero-order valence-electron chi connectivity index (χ0n) is 10.3. The predicted octanol–water partition coefficient (Wildman–Crippen LogP) is 5.37. The van der Waals surface area contributed by atoms with Crippen molar-refractivity contribution in [3.05, 3.63) is 71.0 Å². The lowest BCUT2D eigenvalue weighted by atomic mass is 10.0. The predicted molar refractivity (Wildman–Crippen MR) is 70.1 cm³/mol. The van der Waals surface area contributed by atoms with E-state index in [1.165, 1.54) is 0 Å². The van der Waals surface area contributed by atoms with Crippen LogP contribution < -0.4 is 0 Å². The Balaban J connectivity index is 2.27. The molecule has 0 aromatic heterocycles. The molecule has 0 saturated heterocycles. The molecular formula is C15H11ClF4.